The molecule has 1 unspecified atom stereocenters. The first-order valence-electron chi connectivity index (χ1n) is 6.96. The van der Waals surface area contributed by atoms with Crippen LogP contribution in [0.3, 0.4) is 0 Å². The fourth-order valence-corrected chi connectivity index (χ4v) is 2.48. The monoisotopic (exact) mass is 282 g/mol. The van der Waals surface area contributed by atoms with Crippen LogP contribution in [0.1, 0.15) is 18.2 Å². The van der Waals surface area contributed by atoms with Crippen molar-refractivity contribution in [2.75, 3.05) is 13.2 Å². The molecular formula is C16H14N2O3. The molecule has 1 aliphatic heterocycles. The van der Waals surface area contributed by atoms with E-state index in [4.69, 9.17) is 13.7 Å². The van der Waals surface area contributed by atoms with Gasteiger partial charge in [-0.25, -0.2) is 0 Å². The van der Waals surface area contributed by atoms with Crippen LogP contribution in [0.4, 0.5) is 0 Å². The Balaban J connectivity index is 1.58. The maximum absolute atomic E-state index is 5.37. The van der Waals surface area contributed by atoms with E-state index in [1.54, 1.807) is 6.26 Å². The van der Waals surface area contributed by atoms with Gasteiger partial charge in [0.2, 0.25) is 0 Å². The van der Waals surface area contributed by atoms with Crippen molar-refractivity contribution in [1.82, 2.24) is 10.1 Å². The molecule has 106 valence electrons. The van der Waals surface area contributed by atoms with Crippen molar-refractivity contribution in [3.05, 3.63) is 48.5 Å². The van der Waals surface area contributed by atoms with Crippen LogP contribution in [0.25, 0.3) is 22.8 Å². The SMILES string of the molecule is c1coc(-c2ccc(-c3nc(C4CCOC4)no3)cc2)c1. The molecule has 1 aromatic carbocycles. The third-order valence-corrected chi connectivity index (χ3v) is 3.67. The molecule has 0 N–H and O–H groups in total. The minimum atomic E-state index is 0.255. The van der Waals surface area contributed by atoms with E-state index in [1.807, 2.05) is 36.4 Å². The number of nitrogens with zero attached hydrogens (tertiary/aromatic N) is 2. The number of benzene rings is 1. The lowest BCUT2D eigenvalue weighted by molar-refractivity contribution is 0.192. The summed E-state index contributed by atoms with van der Waals surface area (Å²) >= 11 is 0. The highest BCUT2D eigenvalue weighted by atomic mass is 16.5. The first kappa shape index (κ1) is 12.3. The van der Waals surface area contributed by atoms with Crippen molar-refractivity contribution in [3.8, 4) is 22.8 Å². The standard InChI is InChI=1S/C16H14N2O3/c1-2-14(20-8-1)11-3-5-12(6-4-11)16-17-15(18-21-16)13-7-9-19-10-13/h1-6,8,13H,7,9-10H2. The molecule has 0 spiro atoms. The second-order valence-corrected chi connectivity index (χ2v) is 5.07. The second-order valence-electron chi connectivity index (χ2n) is 5.07. The first-order valence-corrected chi connectivity index (χ1v) is 6.96. The molecule has 0 aliphatic carbocycles. The summed E-state index contributed by atoms with van der Waals surface area (Å²) in [4.78, 5) is 4.47. The molecule has 21 heavy (non-hydrogen) atoms. The highest BCUT2D eigenvalue weighted by Crippen LogP contribution is 2.27. The average molecular weight is 282 g/mol. The van der Waals surface area contributed by atoms with E-state index in [2.05, 4.69) is 10.1 Å². The van der Waals surface area contributed by atoms with E-state index in [1.165, 1.54) is 0 Å². The summed E-state index contributed by atoms with van der Waals surface area (Å²) < 4.78 is 16.1. The molecule has 5 heteroatoms. The molecule has 1 atom stereocenters. The minimum absolute atomic E-state index is 0.255. The average Bonchev–Trinajstić information content (AvgIpc) is 3.27. The normalized spacial score (nSPS) is 18.2. The Kier molecular flexibility index (Phi) is 3.05. The first-order chi connectivity index (χ1) is 10.4. The third-order valence-electron chi connectivity index (χ3n) is 3.67. The molecule has 1 fully saturated rings. The quantitative estimate of drug-likeness (QED) is 0.735. The summed E-state index contributed by atoms with van der Waals surface area (Å²) in [6.45, 7) is 1.45. The van der Waals surface area contributed by atoms with Crippen molar-refractivity contribution in [2.45, 2.75) is 12.3 Å². The zero-order valence-electron chi connectivity index (χ0n) is 11.4. The molecule has 4 rings (SSSR count). The van der Waals surface area contributed by atoms with Crippen LogP contribution in [-0.2, 0) is 4.74 Å². The number of rotatable bonds is 3. The minimum Gasteiger partial charge on any atom is -0.464 e. The Morgan fingerprint density at radius 3 is 2.62 bits per heavy atom. The highest BCUT2D eigenvalue weighted by Gasteiger charge is 2.23. The maximum atomic E-state index is 5.37. The topological polar surface area (TPSA) is 61.3 Å². The van der Waals surface area contributed by atoms with Crippen LogP contribution >= 0.6 is 0 Å². The third kappa shape index (κ3) is 2.36. The van der Waals surface area contributed by atoms with E-state index >= 15 is 0 Å². The summed E-state index contributed by atoms with van der Waals surface area (Å²) in [5.41, 5.74) is 1.93. The summed E-state index contributed by atoms with van der Waals surface area (Å²) in [6.07, 6.45) is 2.62. The Hall–Kier alpha value is -2.40. The lowest BCUT2D eigenvalue weighted by Gasteiger charge is -1.99. The summed E-state index contributed by atoms with van der Waals surface area (Å²) in [5, 5.41) is 4.06. The van der Waals surface area contributed by atoms with E-state index < -0.39 is 0 Å². The van der Waals surface area contributed by atoms with Crippen LogP contribution in [0.2, 0.25) is 0 Å². The van der Waals surface area contributed by atoms with E-state index in [9.17, 15) is 0 Å². The molecule has 1 aliphatic rings. The molecule has 3 heterocycles. The Morgan fingerprint density at radius 2 is 1.90 bits per heavy atom. The van der Waals surface area contributed by atoms with Crippen LogP contribution < -0.4 is 0 Å². The van der Waals surface area contributed by atoms with Gasteiger partial charge < -0.3 is 13.7 Å². The largest absolute Gasteiger partial charge is 0.464 e. The van der Waals surface area contributed by atoms with E-state index in [0.29, 0.717) is 12.5 Å². The van der Waals surface area contributed by atoms with Crippen molar-refractivity contribution in [3.63, 3.8) is 0 Å². The van der Waals surface area contributed by atoms with Gasteiger partial charge in [0.1, 0.15) is 5.76 Å². The maximum Gasteiger partial charge on any atom is 0.257 e. The van der Waals surface area contributed by atoms with Crippen LogP contribution in [0.15, 0.2) is 51.6 Å². The Labute approximate surface area is 121 Å². The predicted octanol–water partition coefficient (Wildman–Crippen LogP) is 3.50. The van der Waals surface area contributed by atoms with Gasteiger partial charge in [-0.15, -0.1) is 0 Å². The number of hydrogen-bond acceptors (Lipinski definition) is 5. The number of furan rings is 1. The van der Waals surface area contributed by atoms with E-state index in [0.717, 1.165) is 35.7 Å². The molecule has 0 amide bonds. The van der Waals surface area contributed by atoms with Crippen LogP contribution in [0.5, 0.6) is 0 Å². The Bertz CT molecular complexity index is 710. The van der Waals surface area contributed by atoms with Crippen molar-refractivity contribution < 1.29 is 13.7 Å². The molecule has 1 saturated heterocycles. The van der Waals surface area contributed by atoms with E-state index in [-0.39, 0.29) is 5.92 Å². The summed E-state index contributed by atoms with van der Waals surface area (Å²) in [6, 6.07) is 11.7. The van der Waals surface area contributed by atoms with Gasteiger partial charge in [0.25, 0.3) is 5.89 Å². The molecular weight excluding hydrogens is 268 g/mol. The van der Waals surface area contributed by atoms with Gasteiger partial charge in [-0.1, -0.05) is 17.3 Å². The highest BCUT2D eigenvalue weighted by molar-refractivity contribution is 5.63. The summed E-state index contributed by atoms with van der Waals surface area (Å²) in [5.74, 6) is 2.38. The molecule has 3 aromatic rings. The van der Waals surface area contributed by atoms with Gasteiger partial charge in [0, 0.05) is 23.7 Å². The van der Waals surface area contributed by atoms with Gasteiger partial charge in [0.05, 0.1) is 12.9 Å². The zero-order chi connectivity index (χ0) is 14.1. The van der Waals surface area contributed by atoms with Crippen LogP contribution in [0, 0.1) is 0 Å². The summed E-state index contributed by atoms with van der Waals surface area (Å²) in [7, 11) is 0. The van der Waals surface area contributed by atoms with Gasteiger partial charge in [-0.3, -0.25) is 0 Å². The number of hydrogen-bond donors (Lipinski definition) is 0. The van der Waals surface area contributed by atoms with Crippen LogP contribution in [-0.4, -0.2) is 23.4 Å². The van der Waals surface area contributed by atoms with Gasteiger partial charge in [-0.05, 0) is 30.7 Å². The molecule has 0 bridgehead atoms. The molecule has 0 radical (unpaired) electrons. The Morgan fingerprint density at radius 1 is 1.05 bits per heavy atom. The molecule has 2 aromatic heterocycles. The fourth-order valence-electron chi connectivity index (χ4n) is 2.48. The number of ether oxygens (including phenoxy) is 1. The van der Waals surface area contributed by atoms with Crippen molar-refractivity contribution in [2.24, 2.45) is 0 Å². The van der Waals surface area contributed by atoms with Gasteiger partial charge in [-0.2, -0.15) is 4.98 Å². The fraction of sp³-hybridized carbons (Fsp3) is 0.250. The van der Waals surface area contributed by atoms with Gasteiger partial charge in [0.15, 0.2) is 5.82 Å². The molecule has 5 nitrogen and oxygen atoms in total. The predicted molar refractivity (Wildman–Crippen MR) is 75.6 cm³/mol. The lowest BCUT2D eigenvalue weighted by atomic mass is 10.1. The smallest absolute Gasteiger partial charge is 0.257 e. The lowest BCUT2D eigenvalue weighted by Crippen LogP contribution is -1.99. The zero-order valence-corrected chi connectivity index (χ0v) is 11.4. The second kappa shape index (κ2) is 5.18. The molecule has 0 saturated carbocycles. The van der Waals surface area contributed by atoms with Gasteiger partial charge >= 0.3 is 0 Å². The van der Waals surface area contributed by atoms with Crippen molar-refractivity contribution in [1.29, 1.82) is 0 Å². The number of aromatic nitrogens is 2. The van der Waals surface area contributed by atoms with Crippen molar-refractivity contribution >= 4 is 0 Å².